The molecule has 1 aromatic heterocycles. The summed E-state index contributed by atoms with van der Waals surface area (Å²) in [6.07, 6.45) is 4.39. The van der Waals surface area contributed by atoms with Crippen LogP contribution in [-0.4, -0.2) is 15.7 Å². The Labute approximate surface area is 109 Å². The van der Waals surface area contributed by atoms with Crippen LogP contribution < -0.4 is 4.74 Å². The van der Waals surface area contributed by atoms with Crippen molar-refractivity contribution in [3.63, 3.8) is 0 Å². The van der Waals surface area contributed by atoms with Gasteiger partial charge in [-0.3, -0.25) is 0 Å². The predicted molar refractivity (Wildman–Crippen MR) is 66.3 cm³/mol. The summed E-state index contributed by atoms with van der Waals surface area (Å²) in [5, 5.41) is 0. The van der Waals surface area contributed by atoms with Gasteiger partial charge in [-0.25, -0.2) is 9.37 Å². The molecule has 18 heavy (non-hydrogen) atoms. The molecule has 5 heteroatoms. The van der Waals surface area contributed by atoms with Crippen molar-refractivity contribution in [1.82, 2.24) is 9.55 Å². The van der Waals surface area contributed by atoms with Gasteiger partial charge in [-0.05, 0) is 18.2 Å². The number of fused-ring (bicyclic) bond motifs is 1. The molecule has 0 N–H and O–H groups in total. The lowest BCUT2D eigenvalue weighted by Gasteiger charge is -2.10. The summed E-state index contributed by atoms with van der Waals surface area (Å²) in [6, 6.07) is 4.64. The molecule has 1 atom stereocenters. The Morgan fingerprint density at radius 1 is 1.50 bits per heavy atom. The Morgan fingerprint density at radius 3 is 3.17 bits per heavy atom. The third-order valence-electron chi connectivity index (χ3n) is 3.00. The molecule has 0 saturated heterocycles. The second-order valence-corrected chi connectivity index (χ2v) is 4.66. The molecule has 3 rings (SSSR count). The predicted octanol–water partition coefficient (Wildman–Crippen LogP) is 2.76. The second kappa shape index (κ2) is 4.61. The van der Waals surface area contributed by atoms with Crippen LogP contribution in [-0.2, 0) is 18.8 Å². The Morgan fingerprint density at radius 2 is 2.39 bits per heavy atom. The van der Waals surface area contributed by atoms with Gasteiger partial charge in [-0.1, -0.05) is 0 Å². The van der Waals surface area contributed by atoms with Crippen molar-refractivity contribution < 1.29 is 9.13 Å². The summed E-state index contributed by atoms with van der Waals surface area (Å²) < 4.78 is 20.8. The number of aromatic nitrogens is 2. The number of hydrogen-bond donors (Lipinski definition) is 0. The first-order chi connectivity index (χ1) is 8.74. The van der Waals surface area contributed by atoms with Crippen molar-refractivity contribution in [3.05, 3.63) is 47.8 Å². The number of rotatable bonds is 3. The minimum atomic E-state index is -0.218. The van der Waals surface area contributed by atoms with Crippen molar-refractivity contribution >= 4 is 11.6 Å². The minimum absolute atomic E-state index is 0.0270. The van der Waals surface area contributed by atoms with Gasteiger partial charge in [0.2, 0.25) is 0 Å². The SMILES string of the molecule is Fc1ccc2c(c1)CC(Cn1cnc(CCl)c1)O2. The van der Waals surface area contributed by atoms with Crippen LogP contribution in [0.3, 0.4) is 0 Å². The van der Waals surface area contributed by atoms with Crippen molar-refractivity contribution in [2.45, 2.75) is 24.9 Å². The highest BCUT2D eigenvalue weighted by Crippen LogP contribution is 2.29. The summed E-state index contributed by atoms with van der Waals surface area (Å²) in [6.45, 7) is 0.695. The van der Waals surface area contributed by atoms with E-state index in [0.717, 1.165) is 23.4 Å². The first-order valence-corrected chi connectivity index (χ1v) is 6.30. The molecule has 0 aliphatic carbocycles. The van der Waals surface area contributed by atoms with Gasteiger partial charge in [-0.15, -0.1) is 11.6 Å². The van der Waals surface area contributed by atoms with Gasteiger partial charge in [0.1, 0.15) is 17.7 Å². The largest absolute Gasteiger partial charge is 0.488 e. The number of nitrogens with zero attached hydrogens (tertiary/aromatic N) is 2. The van der Waals surface area contributed by atoms with E-state index < -0.39 is 0 Å². The fourth-order valence-electron chi connectivity index (χ4n) is 2.20. The standard InChI is InChI=1S/C13H12ClFN2O/c14-5-11-6-17(8-16-11)7-12-4-9-3-10(15)1-2-13(9)18-12/h1-3,6,8,12H,4-5,7H2. The van der Waals surface area contributed by atoms with E-state index in [2.05, 4.69) is 4.98 Å². The lowest BCUT2D eigenvalue weighted by molar-refractivity contribution is 0.209. The average Bonchev–Trinajstić information content (AvgIpc) is 2.95. The van der Waals surface area contributed by atoms with Gasteiger partial charge in [-0.2, -0.15) is 0 Å². The summed E-state index contributed by atoms with van der Waals surface area (Å²) in [4.78, 5) is 4.16. The zero-order chi connectivity index (χ0) is 12.5. The van der Waals surface area contributed by atoms with Crippen molar-refractivity contribution in [2.24, 2.45) is 0 Å². The highest BCUT2D eigenvalue weighted by atomic mass is 35.5. The smallest absolute Gasteiger partial charge is 0.123 e. The fraction of sp³-hybridized carbons (Fsp3) is 0.308. The molecule has 0 radical (unpaired) electrons. The van der Waals surface area contributed by atoms with E-state index in [1.165, 1.54) is 12.1 Å². The van der Waals surface area contributed by atoms with Gasteiger partial charge in [0.15, 0.2) is 0 Å². The van der Waals surface area contributed by atoms with Gasteiger partial charge >= 0.3 is 0 Å². The molecule has 94 valence electrons. The van der Waals surface area contributed by atoms with E-state index in [1.54, 1.807) is 12.4 Å². The topological polar surface area (TPSA) is 27.1 Å². The fourth-order valence-corrected chi connectivity index (χ4v) is 2.34. The van der Waals surface area contributed by atoms with Crippen LogP contribution >= 0.6 is 11.6 Å². The lowest BCUT2D eigenvalue weighted by atomic mass is 10.1. The molecule has 0 amide bonds. The Balaban J connectivity index is 1.70. The molecule has 3 nitrogen and oxygen atoms in total. The summed E-state index contributed by atoms with van der Waals surface area (Å²) in [5.74, 6) is 0.966. The van der Waals surface area contributed by atoms with Crippen LogP contribution in [0.1, 0.15) is 11.3 Å². The maximum atomic E-state index is 13.1. The van der Waals surface area contributed by atoms with E-state index in [-0.39, 0.29) is 11.9 Å². The number of hydrogen-bond acceptors (Lipinski definition) is 2. The van der Waals surface area contributed by atoms with E-state index >= 15 is 0 Å². The van der Waals surface area contributed by atoms with E-state index in [9.17, 15) is 4.39 Å². The zero-order valence-corrected chi connectivity index (χ0v) is 10.4. The Hall–Kier alpha value is -1.55. The third-order valence-corrected chi connectivity index (χ3v) is 3.28. The molecule has 1 aliphatic heterocycles. The van der Waals surface area contributed by atoms with Crippen LogP contribution in [0.25, 0.3) is 0 Å². The van der Waals surface area contributed by atoms with Crippen LogP contribution in [0.5, 0.6) is 5.75 Å². The van der Waals surface area contributed by atoms with E-state index in [1.807, 2.05) is 10.8 Å². The Bertz CT molecular complexity index is 570. The molecule has 2 aromatic rings. The van der Waals surface area contributed by atoms with Crippen molar-refractivity contribution in [3.8, 4) is 5.75 Å². The molecule has 1 unspecified atom stereocenters. The highest BCUT2D eigenvalue weighted by molar-refractivity contribution is 6.16. The number of halogens is 2. The third kappa shape index (κ3) is 2.20. The average molecular weight is 267 g/mol. The van der Waals surface area contributed by atoms with Crippen LogP contribution in [0.4, 0.5) is 4.39 Å². The van der Waals surface area contributed by atoms with Gasteiger partial charge in [0.05, 0.1) is 24.4 Å². The van der Waals surface area contributed by atoms with Gasteiger partial charge in [0, 0.05) is 18.2 Å². The van der Waals surface area contributed by atoms with E-state index in [0.29, 0.717) is 12.4 Å². The summed E-state index contributed by atoms with van der Waals surface area (Å²) in [5.41, 5.74) is 1.77. The molecule has 0 fully saturated rings. The Kier molecular flexibility index (Phi) is 2.96. The molecule has 0 bridgehead atoms. The highest BCUT2D eigenvalue weighted by Gasteiger charge is 2.23. The number of benzene rings is 1. The van der Waals surface area contributed by atoms with Crippen LogP contribution in [0, 0.1) is 5.82 Å². The number of imidazole rings is 1. The van der Waals surface area contributed by atoms with Crippen molar-refractivity contribution in [2.75, 3.05) is 0 Å². The maximum Gasteiger partial charge on any atom is 0.123 e. The first kappa shape index (κ1) is 11.5. The molecular weight excluding hydrogens is 255 g/mol. The normalized spacial score (nSPS) is 17.6. The monoisotopic (exact) mass is 266 g/mol. The minimum Gasteiger partial charge on any atom is -0.488 e. The van der Waals surface area contributed by atoms with E-state index in [4.69, 9.17) is 16.3 Å². The van der Waals surface area contributed by atoms with Crippen molar-refractivity contribution in [1.29, 1.82) is 0 Å². The molecule has 0 spiro atoms. The zero-order valence-electron chi connectivity index (χ0n) is 9.64. The second-order valence-electron chi connectivity index (χ2n) is 4.39. The molecule has 1 aromatic carbocycles. The quantitative estimate of drug-likeness (QED) is 0.799. The number of ether oxygens (including phenoxy) is 1. The molecule has 1 aliphatic rings. The van der Waals surface area contributed by atoms with Crippen LogP contribution in [0.15, 0.2) is 30.7 Å². The van der Waals surface area contributed by atoms with Gasteiger partial charge in [0.25, 0.3) is 0 Å². The summed E-state index contributed by atoms with van der Waals surface area (Å²) in [7, 11) is 0. The van der Waals surface area contributed by atoms with Crippen LogP contribution in [0.2, 0.25) is 0 Å². The summed E-state index contributed by atoms with van der Waals surface area (Å²) >= 11 is 5.70. The molecule has 2 heterocycles. The lowest BCUT2D eigenvalue weighted by Crippen LogP contribution is -2.19. The van der Waals surface area contributed by atoms with Gasteiger partial charge < -0.3 is 9.30 Å². The maximum absolute atomic E-state index is 13.1. The first-order valence-electron chi connectivity index (χ1n) is 5.76. The molecular formula is C13H12ClFN2O. The number of alkyl halides is 1. The molecule has 0 saturated carbocycles.